The second kappa shape index (κ2) is 10.6. The monoisotopic (exact) mass is 486 g/mol. The molecule has 0 saturated heterocycles. The van der Waals surface area contributed by atoms with Gasteiger partial charge in [-0.15, -0.1) is 0 Å². The Kier molecular flexibility index (Phi) is 6.93. The molecule has 1 amide bonds. The molecule has 5 rings (SSSR count). The first kappa shape index (κ1) is 23.5. The summed E-state index contributed by atoms with van der Waals surface area (Å²) in [4.78, 5) is 13.1. The summed E-state index contributed by atoms with van der Waals surface area (Å²) in [5, 5.41) is 6.57. The number of rotatable bonds is 6. The van der Waals surface area contributed by atoms with E-state index in [1.54, 1.807) is 0 Å². The Labute approximate surface area is 212 Å². The van der Waals surface area contributed by atoms with Gasteiger partial charge in [-0.05, 0) is 31.2 Å². The minimum Gasteiger partial charge on any atom is -0.320 e. The van der Waals surface area contributed by atoms with Crippen LogP contribution in [-0.4, -0.2) is 5.91 Å². The third-order valence-electron chi connectivity index (χ3n) is 6.11. The van der Waals surface area contributed by atoms with Gasteiger partial charge in [-0.1, -0.05) is 121 Å². The second-order valence-corrected chi connectivity index (χ2v) is 11.6. The highest BCUT2D eigenvalue weighted by Gasteiger charge is 2.27. The predicted molar refractivity (Wildman–Crippen MR) is 153 cm³/mol. The smallest absolute Gasteiger partial charge is 0.255 e. The molecule has 36 heavy (non-hydrogen) atoms. The van der Waals surface area contributed by atoms with E-state index >= 15 is 0 Å². The molecule has 0 atom stereocenters. The number of aryl methyl sites for hydroxylation is 1. The van der Waals surface area contributed by atoms with E-state index in [0.29, 0.717) is 11.3 Å². The molecule has 0 aromatic heterocycles. The summed E-state index contributed by atoms with van der Waals surface area (Å²) >= 11 is 0. The molecule has 5 aromatic rings. The molecule has 4 heteroatoms. The number of nitrogens with zero attached hydrogens (tertiary/aromatic N) is 1. The molecule has 0 radical (unpaired) electrons. The van der Waals surface area contributed by atoms with Crippen molar-refractivity contribution in [3.63, 3.8) is 0 Å². The van der Waals surface area contributed by atoms with Gasteiger partial charge in [-0.2, -0.15) is 0 Å². The van der Waals surface area contributed by atoms with Gasteiger partial charge in [0.15, 0.2) is 0 Å². The molecule has 0 heterocycles. The normalized spacial score (nSPS) is 11.0. The summed E-state index contributed by atoms with van der Waals surface area (Å²) in [5.41, 5.74) is 3.17. The maximum Gasteiger partial charge on any atom is 0.255 e. The number of anilines is 1. The Morgan fingerprint density at radius 3 is 1.53 bits per heavy atom. The highest BCUT2D eigenvalue weighted by Crippen LogP contribution is 2.50. The maximum absolute atomic E-state index is 13.1. The van der Waals surface area contributed by atoms with E-state index in [1.807, 2.05) is 73.7 Å². The van der Waals surface area contributed by atoms with Crippen molar-refractivity contribution in [1.82, 2.24) is 0 Å². The highest BCUT2D eigenvalue weighted by atomic mass is 31.2. The molecule has 0 aliphatic rings. The number of carbonyl (C=O) groups is 1. The third-order valence-corrected chi connectivity index (χ3v) is 9.77. The zero-order chi connectivity index (χ0) is 24.8. The Balaban J connectivity index is 1.73. The average molecular weight is 487 g/mol. The van der Waals surface area contributed by atoms with Crippen LogP contribution in [0.25, 0.3) is 0 Å². The van der Waals surface area contributed by atoms with Crippen molar-refractivity contribution >= 4 is 40.2 Å². The number of hydrogen-bond acceptors (Lipinski definition) is 2. The van der Waals surface area contributed by atoms with Crippen LogP contribution in [0, 0.1) is 6.92 Å². The molecule has 1 N–H and O–H groups in total. The van der Waals surface area contributed by atoms with Gasteiger partial charge in [0.2, 0.25) is 0 Å². The van der Waals surface area contributed by atoms with Gasteiger partial charge in [-0.25, -0.2) is 0 Å². The Bertz CT molecular complexity index is 1410. The highest BCUT2D eigenvalue weighted by molar-refractivity contribution is 7.87. The zero-order valence-corrected chi connectivity index (χ0v) is 21.0. The van der Waals surface area contributed by atoms with Crippen LogP contribution in [0.2, 0.25) is 0 Å². The number of para-hydroxylation sites is 1. The molecular weight excluding hydrogens is 459 g/mol. The molecule has 0 spiro atoms. The van der Waals surface area contributed by atoms with Crippen molar-refractivity contribution in [2.45, 2.75) is 6.92 Å². The topological polar surface area (TPSA) is 41.5 Å². The van der Waals surface area contributed by atoms with Crippen LogP contribution in [-0.2, 0) is 0 Å². The van der Waals surface area contributed by atoms with Crippen molar-refractivity contribution in [3.05, 3.63) is 151 Å². The SMILES string of the molecule is Cc1ccc(C(=O)Nc2ccccc2N=P(c2ccccc2)(c2ccccc2)c2ccccc2)cc1. The lowest BCUT2D eigenvalue weighted by atomic mass is 10.1. The van der Waals surface area contributed by atoms with E-state index in [2.05, 4.69) is 78.1 Å². The van der Waals surface area contributed by atoms with E-state index < -0.39 is 7.05 Å². The van der Waals surface area contributed by atoms with Crippen LogP contribution in [0.3, 0.4) is 0 Å². The van der Waals surface area contributed by atoms with E-state index in [4.69, 9.17) is 4.74 Å². The van der Waals surface area contributed by atoms with Gasteiger partial charge >= 0.3 is 0 Å². The standard InChI is InChI=1S/C32H27N2OP/c1-25-21-23-26(24-22-25)32(35)33-30-19-11-12-20-31(30)34-36(27-13-5-2-6-14-27,28-15-7-3-8-16-28)29-17-9-4-10-18-29/h2-24H,1H3,(H,33,35). The van der Waals surface area contributed by atoms with Crippen molar-refractivity contribution in [2.75, 3.05) is 5.32 Å². The minimum absolute atomic E-state index is 0.152. The van der Waals surface area contributed by atoms with Crippen LogP contribution in [0.4, 0.5) is 11.4 Å². The molecule has 0 aliphatic carbocycles. The van der Waals surface area contributed by atoms with Crippen molar-refractivity contribution in [2.24, 2.45) is 4.74 Å². The summed E-state index contributed by atoms with van der Waals surface area (Å²) < 4.78 is 5.56. The summed E-state index contributed by atoms with van der Waals surface area (Å²) in [5.74, 6) is -0.152. The van der Waals surface area contributed by atoms with E-state index in [9.17, 15) is 4.79 Å². The van der Waals surface area contributed by atoms with Gasteiger partial charge in [0.05, 0.1) is 18.4 Å². The number of carbonyl (C=O) groups excluding carboxylic acids is 1. The van der Waals surface area contributed by atoms with Crippen LogP contribution in [0.1, 0.15) is 15.9 Å². The lowest BCUT2D eigenvalue weighted by Crippen LogP contribution is -2.25. The lowest BCUT2D eigenvalue weighted by Gasteiger charge is -2.27. The average Bonchev–Trinajstić information content (AvgIpc) is 2.94. The van der Waals surface area contributed by atoms with Crippen LogP contribution < -0.4 is 21.2 Å². The number of amides is 1. The van der Waals surface area contributed by atoms with Gasteiger partial charge < -0.3 is 5.32 Å². The fourth-order valence-corrected chi connectivity index (χ4v) is 7.83. The molecule has 0 aliphatic heterocycles. The Morgan fingerprint density at radius 2 is 1.03 bits per heavy atom. The summed E-state index contributed by atoms with van der Waals surface area (Å²) in [6.07, 6.45) is 0. The minimum atomic E-state index is -2.45. The Morgan fingerprint density at radius 1 is 0.583 bits per heavy atom. The summed E-state index contributed by atoms with van der Waals surface area (Å²) in [7, 11) is -2.45. The lowest BCUT2D eigenvalue weighted by molar-refractivity contribution is 0.102. The van der Waals surface area contributed by atoms with Crippen LogP contribution in [0.5, 0.6) is 0 Å². The van der Waals surface area contributed by atoms with Gasteiger partial charge in [0.25, 0.3) is 5.91 Å². The maximum atomic E-state index is 13.1. The third kappa shape index (κ3) is 4.79. The van der Waals surface area contributed by atoms with Crippen molar-refractivity contribution in [1.29, 1.82) is 0 Å². The number of benzene rings is 5. The van der Waals surface area contributed by atoms with E-state index in [-0.39, 0.29) is 5.91 Å². The molecule has 3 nitrogen and oxygen atoms in total. The Hall–Kier alpha value is -4.20. The molecular formula is C32H27N2OP. The fraction of sp³-hybridized carbons (Fsp3) is 0.0312. The first-order chi connectivity index (χ1) is 17.7. The van der Waals surface area contributed by atoms with Gasteiger partial charge in [-0.3, -0.25) is 9.54 Å². The second-order valence-electron chi connectivity index (χ2n) is 8.58. The van der Waals surface area contributed by atoms with E-state index in [0.717, 1.165) is 27.2 Å². The van der Waals surface area contributed by atoms with Crippen LogP contribution in [0.15, 0.2) is 144 Å². The zero-order valence-electron chi connectivity index (χ0n) is 20.1. The fourth-order valence-electron chi connectivity index (χ4n) is 4.28. The molecule has 0 fully saturated rings. The molecule has 176 valence electrons. The first-order valence-electron chi connectivity index (χ1n) is 11.9. The molecule has 5 aromatic carbocycles. The van der Waals surface area contributed by atoms with E-state index in [1.165, 1.54) is 0 Å². The van der Waals surface area contributed by atoms with Gasteiger partial charge in [0.1, 0.15) is 0 Å². The largest absolute Gasteiger partial charge is 0.320 e. The first-order valence-corrected chi connectivity index (χ1v) is 13.7. The van der Waals surface area contributed by atoms with Gasteiger partial charge in [0, 0.05) is 21.5 Å². The van der Waals surface area contributed by atoms with Crippen molar-refractivity contribution in [3.8, 4) is 0 Å². The molecule has 0 saturated carbocycles. The molecule has 0 unspecified atom stereocenters. The quantitative estimate of drug-likeness (QED) is 0.257. The molecule has 0 bridgehead atoms. The van der Waals surface area contributed by atoms with Crippen LogP contribution >= 0.6 is 7.05 Å². The summed E-state index contributed by atoms with van der Waals surface area (Å²) in [6.45, 7) is 2.01. The predicted octanol–water partition coefficient (Wildman–Crippen LogP) is 7.06. The summed E-state index contributed by atoms with van der Waals surface area (Å²) in [6, 6.07) is 46.8. The number of nitrogens with one attached hydrogen (secondary N) is 1. The number of hydrogen-bond donors (Lipinski definition) is 1. The van der Waals surface area contributed by atoms with Crippen molar-refractivity contribution < 1.29 is 4.79 Å².